The molecular weight excluding hydrogens is 383 g/mol. The highest BCUT2D eigenvalue weighted by Crippen LogP contribution is 2.30. The highest BCUT2D eigenvalue weighted by molar-refractivity contribution is 8.14. The second-order valence-electron chi connectivity index (χ2n) is 5.78. The molecule has 2 amide bonds. The molecule has 2 N–H and O–H groups in total. The summed E-state index contributed by atoms with van der Waals surface area (Å²) in [6, 6.07) is 12.7. The summed E-state index contributed by atoms with van der Waals surface area (Å²) in [5.41, 5.74) is 6.52. The predicted octanol–water partition coefficient (Wildman–Crippen LogP) is 2.55. The number of methoxy groups -OCH3 is 1. The molecule has 0 unspecified atom stereocenters. The van der Waals surface area contributed by atoms with E-state index in [9.17, 15) is 14.0 Å². The summed E-state index contributed by atoms with van der Waals surface area (Å²) in [7, 11) is 1.53. The van der Waals surface area contributed by atoms with Gasteiger partial charge in [-0.05, 0) is 30.3 Å². The van der Waals surface area contributed by atoms with E-state index in [1.807, 2.05) is 0 Å². The molecule has 1 aliphatic rings. The van der Waals surface area contributed by atoms with E-state index in [4.69, 9.17) is 10.5 Å². The molecule has 0 bridgehead atoms. The molecule has 1 saturated heterocycles. The van der Waals surface area contributed by atoms with Gasteiger partial charge in [-0.1, -0.05) is 30.0 Å². The number of nitrogens with zero attached hydrogens (tertiary/aromatic N) is 3. The Hall–Kier alpha value is -3.20. The van der Waals surface area contributed by atoms with E-state index >= 15 is 0 Å². The number of nitrogens with two attached hydrogens (primary N) is 1. The van der Waals surface area contributed by atoms with E-state index in [1.54, 1.807) is 42.5 Å². The lowest BCUT2D eigenvalue weighted by Gasteiger charge is -2.15. The Morgan fingerprint density at radius 3 is 2.64 bits per heavy atom. The number of halogens is 1. The zero-order chi connectivity index (χ0) is 20.1. The molecule has 1 heterocycles. The molecule has 0 aliphatic carbocycles. The van der Waals surface area contributed by atoms with Crippen molar-refractivity contribution in [2.24, 2.45) is 15.9 Å². The summed E-state index contributed by atoms with van der Waals surface area (Å²) in [5, 5.41) is 6.82. The Kier molecular flexibility index (Phi) is 6.05. The Labute approximate surface area is 165 Å². The van der Waals surface area contributed by atoms with Crippen LogP contribution in [0.2, 0.25) is 0 Å². The number of thioether (sulfide) groups is 1. The minimum absolute atomic E-state index is 0.00275. The van der Waals surface area contributed by atoms with E-state index in [-0.39, 0.29) is 29.0 Å². The highest BCUT2D eigenvalue weighted by Gasteiger charge is 2.40. The van der Waals surface area contributed by atoms with E-state index in [2.05, 4.69) is 10.2 Å². The van der Waals surface area contributed by atoms with Crippen molar-refractivity contribution in [3.05, 3.63) is 59.9 Å². The molecule has 0 spiro atoms. The van der Waals surface area contributed by atoms with Crippen molar-refractivity contribution in [2.45, 2.75) is 11.7 Å². The van der Waals surface area contributed by atoms with Crippen LogP contribution in [0.5, 0.6) is 5.75 Å². The van der Waals surface area contributed by atoms with Crippen LogP contribution in [-0.4, -0.2) is 35.6 Å². The van der Waals surface area contributed by atoms with Gasteiger partial charge in [-0.2, -0.15) is 5.10 Å². The summed E-state index contributed by atoms with van der Waals surface area (Å²) in [4.78, 5) is 26.0. The summed E-state index contributed by atoms with van der Waals surface area (Å²) in [6.45, 7) is 0. The van der Waals surface area contributed by atoms with E-state index < -0.39 is 11.1 Å². The molecule has 1 atom stereocenters. The first-order valence-corrected chi connectivity index (χ1v) is 9.16. The smallest absolute Gasteiger partial charge is 0.247 e. The normalized spacial score (nSPS) is 17.6. The van der Waals surface area contributed by atoms with Crippen LogP contribution in [0.3, 0.4) is 0 Å². The molecule has 1 aliphatic heterocycles. The zero-order valence-electron chi connectivity index (χ0n) is 14.9. The standard InChI is InChI=1S/C19H17FN4O3S/c1-27-14-8-6-13(7-9-14)24-17(25)10-16(18(24)26)28-19(21)23-22-11-12-4-2-3-5-15(12)20/h2-9,11,16H,10H2,1H3,(H2,21,23)/t16-/m0/s1. The number of carbonyl (C=O) groups excluding carboxylic acids is 2. The molecule has 28 heavy (non-hydrogen) atoms. The number of imide groups is 1. The van der Waals surface area contributed by atoms with Gasteiger partial charge in [0.15, 0.2) is 5.17 Å². The van der Waals surface area contributed by atoms with Gasteiger partial charge in [0.1, 0.15) is 16.8 Å². The number of benzene rings is 2. The molecule has 2 aromatic rings. The molecule has 0 radical (unpaired) electrons. The number of amidine groups is 1. The Balaban J connectivity index is 1.66. The lowest BCUT2D eigenvalue weighted by molar-refractivity contribution is -0.121. The molecular formula is C19H17FN4O3S. The Bertz CT molecular complexity index is 946. The van der Waals surface area contributed by atoms with Crippen molar-refractivity contribution in [1.82, 2.24) is 0 Å². The molecule has 144 valence electrons. The van der Waals surface area contributed by atoms with Crippen LogP contribution in [-0.2, 0) is 9.59 Å². The summed E-state index contributed by atoms with van der Waals surface area (Å²) < 4.78 is 18.6. The Morgan fingerprint density at radius 2 is 1.96 bits per heavy atom. The Morgan fingerprint density at radius 1 is 1.25 bits per heavy atom. The monoisotopic (exact) mass is 400 g/mol. The highest BCUT2D eigenvalue weighted by atomic mass is 32.2. The van der Waals surface area contributed by atoms with Crippen molar-refractivity contribution in [2.75, 3.05) is 12.0 Å². The summed E-state index contributed by atoms with van der Waals surface area (Å²) >= 11 is 0.948. The van der Waals surface area contributed by atoms with Gasteiger partial charge in [-0.3, -0.25) is 9.59 Å². The van der Waals surface area contributed by atoms with Crippen molar-refractivity contribution in [1.29, 1.82) is 0 Å². The molecule has 0 aromatic heterocycles. The van der Waals surface area contributed by atoms with Crippen LogP contribution < -0.4 is 15.4 Å². The average molecular weight is 400 g/mol. The van der Waals surface area contributed by atoms with Gasteiger partial charge >= 0.3 is 0 Å². The van der Waals surface area contributed by atoms with Gasteiger partial charge in [0.05, 0.1) is 19.0 Å². The fourth-order valence-corrected chi connectivity index (χ4v) is 3.41. The maximum Gasteiger partial charge on any atom is 0.247 e. The van der Waals surface area contributed by atoms with Crippen LogP contribution in [0.15, 0.2) is 58.7 Å². The zero-order valence-corrected chi connectivity index (χ0v) is 15.7. The lowest BCUT2D eigenvalue weighted by Crippen LogP contribution is -2.31. The fraction of sp³-hybridized carbons (Fsp3) is 0.158. The minimum Gasteiger partial charge on any atom is -0.497 e. The number of rotatable bonds is 5. The van der Waals surface area contributed by atoms with Crippen molar-refractivity contribution in [3.8, 4) is 5.75 Å². The topological polar surface area (TPSA) is 97.3 Å². The van der Waals surface area contributed by atoms with Crippen molar-refractivity contribution in [3.63, 3.8) is 0 Å². The first kappa shape index (κ1) is 19.6. The number of hydrogen-bond donors (Lipinski definition) is 1. The van der Waals surface area contributed by atoms with E-state index in [0.29, 0.717) is 11.4 Å². The van der Waals surface area contributed by atoms with Crippen molar-refractivity contribution >= 4 is 40.6 Å². The number of carbonyl (C=O) groups is 2. The minimum atomic E-state index is -0.693. The van der Waals surface area contributed by atoms with Crippen LogP contribution >= 0.6 is 11.8 Å². The van der Waals surface area contributed by atoms with Crippen LogP contribution in [0.4, 0.5) is 10.1 Å². The van der Waals surface area contributed by atoms with Gasteiger partial charge in [-0.15, -0.1) is 5.10 Å². The molecule has 7 nitrogen and oxygen atoms in total. The molecule has 3 rings (SSSR count). The first-order chi connectivity index (χ1) is 13.5. The van der Waals surface area contributed by atoms with Crippen LogP contribution in [0.1, 0.15) is 12.0 Å². The second-order valence-corrected chi connectivity index (χ2v) is 7.00. The fourth-order valence-electron chi connectivity index (χ4n) is 2.60. The molecule has 2 aromatic carbocycles. The number of ether oxygens (including phenoxy) is 1. The lowest BCUT2D eigenvalue weighted by atomic mass is 10.2. The van der Waals surface area contributed by atoms with E-state index in [1.165, 1.54) is 19.4 Å². The second kappa shape index (κ2) is 8.66. The van der Waals surface area contributed by atoms with Crippen LogP contribution in [0, 0.1) is 5.82 Å². The van der Waals surface area contributed by atoms with E-state index in [0.717, 1.165) is 16.7 Å². The van der Waals surface area contributed by atoms with Gasteiger partial charge in [0.25, 0.3) is 0 Å². The van der Waals surface area contributed by atoms with Gasteiger partial charge in [-0.25, -0.2) is 9.29 Å². The van der Waals surface area contributed by atoms with Crippen LogP contribution in [0.25, 0.3) is 0 Å². The maximum atomic E-state index is 13.5. The number of hydrogen-bond acceptors (Lipinski definition) is 6. The maximum absolute atomic E-state index is 13.5. The first-order valence-electron chi connectivity index (χ1n) is 8.28. The third-order valence-corrected chi connectivity index (χ3v) is 4.93. The van der Waals surface area contributed by atoms with Gasteiger partial charge in [0, 0.05) is 12.0 Å². The van der Waals surface area contributed by atoms with Crippen molar-refractivity contribution < 1.29 is 18.7 Å². The quantitative estimate of drug-likeness (QED) is 0.360. The molecule has 0 saturated carbocycles. The summed E-state index contributed by atoms with van der Waals surface area (Å²) in [5.74, 6) is -0.510. The third-order valence-electron chi connectivity index (χ3n) is 3.96. The molecule has 1 fully saturated rings. The molecule has 9 heteroatoms. The summed E-state index contributed by atoms with van der Waals surface area (Å²) in [6.07, 6.45) is 1.23. The average Bonchev–Trinajstić information content (AvgIpc) is 2.96. The predicted molar refractivity (Wildman–Crippen MR) is 107 cm³/mol. The SMILES string of the molecule is COc1ccc(N2C(=O)C[C@H](SC(N)=NN=Cc3ccccc3F)C2=O)cc1. The number of anilines is 1. The largest absolute Gasteiger partial charge is 0.497 e. The van der Waals surface area contributed by atoms with Gasteiger partial charge < -0.3 is 10.5 Å². The van der Waals surface area contributed by atoms with Gasteiger partial charge in [0.2, 0.25) is 11.8 Å². The third kappa shape index (κ3) is 4.37. The number of amides is 2.